The lowest BCUT2D eigenvalue weighted by Gasteiger charge is -2.07. The molecule has 2 aromatic rings. The summed E-state index contributed by atoms with van der Waals surface area (Å²) >= 11 is 0. The Hall–Kier alpha value is -1.74. The van der Waals surface area contributed by atoms with E-state index in [4.69, 9.17) is 0 Å². The molecule has 0 aliphatic rings. The molecule has 0 bridgehead atoms. The van der Waals surface area contributed by atoms with Crippen LogP contribution in [0.1, 0.15) is 11.1 Å². The van der Waals surface area contributed by atoms with Crippen molar-refractivity contribution >= 4 is 20.7 Å². The Labute approximate surface area is 134 Å². The van der Waals surface area contributed by atoms with Crippen LogP contribution in [0.2, 0.25) is 0 Å². The molecule has 1 atom stereocenters. The number of hydrogen-bond acceptors (Lipinski definition) is 3. The number of nitrogens with zero attached hydrogens (tertiary/aromatic N) is 2. The number of rotatable bonds is 3. The fourth-order valence-electron chi connectivity index (χ4n) is 1.66. The molecule has 0 spiro atoms. The second-order valence-electron chi connectivity index (χ2n) is 4.72. The number of aryl methyl sites for hydroxylation is 1. The SMILES string of the molecule is Cc1ccc(S(=O)(=O)N=[S@](C)c2ccc(C(F)(F)F)cn2)cc1. The van der Waals surface area contributed by atoms with Crippen molar-refractivity contribution in [2.24, 2.45) is 3.77 Å². The van der Waals surface area contributed by atoms with E-state index in [9.17, 15) is 21.6 Å². The van der Waals surface area contributed by atoms with Crippen LogP contribution in [-0.2, 0) is 26.9 Å². The van der Waals surface area contributed by atoms with Crippen molar-refractivity contribution in [1.82, 2.24) is 4.98 Å². The smallest absolute Gasteiger partial charge is 0.248 e. The number of aromatic nitrogens is 1. The van der Waals surface area contributed by atoms with E-state index >= 15 is 0 Å². The van der Waals surface area contributed by atoms with Crippen molar-refractivity contribution in [3.8, 4) is 0 Å². The Morgan fingerprint density at radius 1 is 1.09 bits per heavy atom. The zero-order valence-corrected chi connectivity index (χ0v) is 13.8. The zero-order chi connectivity index (χ0) is 17.3. The number of halogens is 3. The molecule has 0 unspecified atom stereocenters. The van der Waals surface area contributed by atoms with E-state index in [1.165, 1.54) is 18.4 Å². The summed E-state index contributed by atoms with van der Waals surface area (Å²) < 4.78 is 65.6. The molecule has 1 aromatic carbocycles. The maximum Gasteiger partial charge on any atom is 0.417 e. The highest BCUT2D eigenvalue weighted by Gasteiger charge is 2.30. The van der Waals surface area contributed by atoms with E-state index in [2.05, 4.69) is 8.75 Å². The second-order valence-corrected chi connectivity index (χ2v) is 8.12. The van der Waals surface area contributed by atoms with E-state index in [-0.39, 0.29) is 9.92 Å². The molecule has 1 aromatic heterocycles. The van der Waals surface area contributed by atoms with Gasteiger partial charge in [-0.25, -0.2) is 4.98 Å². The van der Waals surface area contributed by atoms with Gasteiger partial charge in [0.2, 0.25) is 0 Å². The standard InChI is InChI=1S/C14H13F3N2O2S2/c1-10-3-6-12(7-4-10)23(20,21)19-22(2)13-8-5-11(9-18-13)14(15,16)17/h3-9H,1-2H3/t22-/m1/s1. The molecule has 2 rings (SSSR count). The van der Waals surface area contributed by atoms with Crippen LogP contribution in [0.4, 0.5) is 13.2 Å². The van der Waals surface area contributed by atoms with Crippen LogP contribution in [0.5, 0.6) is 0 Å². The van der Waals surface area contributed by atoms with Gasteiger partial charge in [0.25, 0.3) is 10.0 Å². The third kappa shape index (κ3) is 4.38. The summed E-state index contributed by atoms with van der Waals surface area (Å²) in [5.41, 5.74) is 0.0171. The normalized spacial score (nSPS) is 14.0. The minimum Gasteiger partial charge on any atom is -0.248 e. The fraction of sp³-hybridized carbons (Fsp3) is 0.214. The van der Waals surface area contributed by atoms with Gasteiger partial charge in [0, 0.05) is 6.20 Å². The number of benzene rings is 1. The van der Waals surface area contributed by atoms with Gasteiger partial charge in [-0.2, -0.15) is 21.6 Å². The van der Waals surface area contributed by atoms with Gasteiger partial charge in [0.1, 0.15) is 5.03 Å². The monoisotopic (exact) mass is 362 g/mol. The number of sulfonamides is 1. The van der Waals surface area contributed by atoms with Gasteiger partial charge in [-0.3, -0.25) is 0 Å². The largest absolute Gasteiger partial charge is 0.417 e. The Kier molecular flexibility index (Phi) is 4.90. The van der Waals surface area contributed by atoms with Gasteiger partial charge < -0.3 is 0 Å². The molecule has 23 heavy (non-hydrogen) atoms. The molecule has 0 amide bonds. The molecule has 1 heterocycles. The van der Waals surface area contributed by atoms with Crippen LogP contribution in [0, 0.1) is 6.92 Å². The average Bonchev–Trinajstić information content (AvgIpc) is 2.46. The molecular weight excluding hydrogens is 349 g/mol. The molecular formula is C14H13F3N2O2S2. The van der Waals surface area contributed by atoms with Crippen molar-refractivity contribution in [1.29, 1.82) is 0 Å². The van der Waals surface area contributed by atoms with E-state index in [0.29, 0.717) is 6.20 Å². The van der Waals surface area contributed by atoms with Crippen LogP contribution >= 0.6 is 0 Å². The molecule has 0 saturated carbocycles. The van der Waals surface area contributed by atoms with Crippen LogP contribution < -0.4 is 0 Å². The molecule has 0 aliphatic carbocycles. The van der Waals surface area contributed by atoms with Gasteiger partial charge in [-0.1, -0.05) is 17.7 Å². The molecule has 4 nitrogen and oxygen atoms in total. The van der Waals surface area contributed by atoms with E-state index in [0.717, 1.165) is 17.7 Å². The van der Waals surface area contributed by atoms with Crippen molar-refractivity contribution < 1.29 is 21.6 Å². The highest BCUT2D eigenvalue weighted by Crippen LogP contribution is 2.28. The predicted octanol–water partition coefficient (Wildman–Crippen LogP) is 3.59. The van der Waals surface area contributed by atoms with Gasteiger partial charge >= 0.3 is 6.18 Å². The molecule has 0 N–H and O–H groups in total. The van der Waals surface area contributed by atoms with Gasteiger partial charge in [-0.15, -0.1) is 3.77 Å². The van der Waals surface area contributed by atoms with Crippen LogP contribution in [-0.4, -0.2) is 19.7 Å². The zero-order valence-electron chi connectivity index (χ0n) is 12.2. The lowest BCUT2D eigenvalue weighted by Crippen LogP contribution is -2.06. The Balaban J connectivity index is 2.33. The third-order valence-corrected chi connectivity index (χ3v) is 6.29. The van der Waals surface area contributed by atoms with Crippen LogP contribution in [0.15, 0.2) is 56.3 Å². The summed E-state index contributed by atoms with van der Waals surface area (Å²) in [6.45, 7) is 1.82. The first-order valence-electron chi connectivity index (χ1n) is 6.33. The average molecular weight is 362 g/mol. The summed E-state index contributed by atoms with van der Waals surface area (Å²) in [6, 6.07) is 8.16. The maximum atomic E-state index is 12.5. The number of hydrogen-bond donors (Lipinski definition) is 0. The topological polar surface area (TPSA) is 59.4 Å². The summed E-state index contributed by atoms with van der Waals surface area (Å²) in [4.78, 5) is 3.71. The van der Waals surface area contributed by atoms with E-state index < -0.39 is 32.5 Å². The lowest BCUT2D eigenvalue weighted by molar-refractivity contribution is -0.137. The predicted molar refractivity (Wildman–Crippen MR) is 81.6 cm³/mol. The first-order chi connectivity index (χ1) is 10.6. The lowest BCUT2D eigenvalue weighted by atomic mass is 10.2. The summed E-state index contributed by atoms with van der Waals surface area (Å²) in [5.74, 6) is 0. The Bertz CT molecular complexity index is 828. The second kappa shape index (κ2) is 6.40. The highest BCUT2D eigenvalue weighted by atomic mass is 32.3. The van der Waals surface area contributed by atoms with Gasteiger partial charge in [0.05, 0.1) is 10.5 Å². The van der Waals surface area contributed by atoms with Crippen molar-refractivity contribution in [2.75, 3.05) is 6.26 Å². The van der Waals surface area contributed by atoms with Crippen molar-refractivity contribution in [3.63, 3.8) is 0 Å². The molecule has 124 valence electrons. The maximum absolute atomic E-state index is 12.5. The van der Waals surface area contributed by atoms with E-state index in [1.807, 2.05) is 6.92 Å². The molecule has 0 aliphatic heterocycles. The molecule has 0 saturated heterocycles. The Morgan fingerprint density at radius 3 is 2.17 bits per heavy atom. The molecule has 0 fully saturated rings. The summed E-state index contributed by atoms with van der Waals surface area (Å²) in [7, 11) is -5.07. The first-order valence-corrected chi connectivity index (χ1v) is 9.36. The quantitative estimate of drug-likeness (QED) is 0.838. The van der Waals surface area contributed by atoms with Crippen molar-refractivity contribution in [3.05, 3.63) is 53.7 Å². The van der Waals surface area contributed by atoms with Crippen LogP contribution in [0.25, 0.3) is 0 Å². The molecule has 0 radical (unpaired) electrons. The van der Waals surface area contributed by atoms with Gasteiger partial charge in [0.15, 0.2) is 0 Å². The highest BCUT2D eigenvalue weighted by molar-refractivity contribution is 7.99. The van der Waals surface area contributed by atoms with Crippen molar-refractivity contribution in [2.45, 2.75) is 23.0 Å². The third-order valence-electron chi connectivity index (χ3n) is 2.90. The first kappa shape index (κ1) is 17.6. The Morgan fingerprint density at radius 2 is 1.70 bits per heavy atom. The van der Waals surface area contributed by atoms with Gasteiger partial charge in [-0.05, 0) is 48.1 Å². The minimum atomic E-state index is -4.48. The fourth-order valence-corrected chi connectivity index (χ4v) is 4.44. The number of alkyl halides is 3. The van der Waals surface area contributed by atoms with Crippen LogP contribution in [0.3, 0.4) is 0 Å². The molecule has 9 heteroatoms. The summed E-state index contributed by atoms with van der Waals surface area (Å²) in [6.07, 6.45) is -2.32. The minimum absolute atomic E-state index is 0.0364. The van der Waals surface area contributed by atoms with E-state index in [1.54, 1.807) is 12.1 Å². The summed E-state index contributed by atoms with van der Waals surface area (Å²) in [5, 5.41) is 0.175. The number of pyridine rings is 1.